The van der Waals surface area contributed by atoms with Gasteiger partial charge in [-0.25, -0.2) is 0 Å². The molecule has 4 aromatic carbocycles. The average molecular weight is 390 g/mol. The van der Waals surface area contributed by atoms with Gasteiger partial charge in [0.05, 0.1) is 4.92 Å². The average Bonchev–Trinajstić information content (AvgIpc) is 2.71. The Morgan fingerprint density at radius 1 is 0.929 bits per heavy atom. The van der Waals surface area contributed by atoms with E-state index in [0.717, 1.165) is 10.8 Å². The summed E-state index contributed by atoms with van der Waals surface area (Å²) >= 11 is 6.17. The molecule has 4 rings (SSSR count). The largest absolute Gasteiger partial charge is 0.298 e. The molecule has 0 radical (unpaired) electrons. The van der Waals surface area contributed by atoms with Gasteiger partial charge >= 0.3 is 0 Å². The molecule has 0 N–H and O–H groups in total. The number of halogens is 1. The Kier molecular flexibility index (Phi) is 4.37. The lowest BCUT2D eigenvalue weighted by atomic mass is 9.91. The van der Waals surface area contributed by atoms with Crippen molar-refractivity contribution in [3.8, 4) is 0 Å². The van der Waals surface area contributed by atoms with E-state index >= 15 is 0 Å². The molecule has 0 spiro atoms. The van der Waals surface area contributed by atoms with Gasteiger partial charge in [-0.15, -0.1) is 0 Å². The van der Waals surface area contributed by atoms with Gasteiger partial charge in [-0.2, -0.15) is 0 Å². The minimum Gasteiger partial charge on any atom is -0.298 e. The van der Waals surface area contributed by atoms with E-state index in [4.69, 9.17) is 11.6 Å². The van der Waals surface area contributed by atoms with Crippen LogP contribution in [0.1, 0.15) is 26.3 Å². The fraction of sp³-hybridized carbons (Fsp3) is 0. The Bertz CT molecular complexity index is 1300. The summed E-state index contributed by atoms with van der Waals surface area (Å²) in [4.78, 5) is 36.1. The van der Waals surface area contributed by atoms with Crippen LogP contribution in [-0.4, -0.2) is 17.0 Å². The van der Waals surface area contributed by atoms with Crippen LogP contribution in [0.15, 0.2) is 66.7 Å². The quantitative estimate of drug-likeness (QED) is 0.197. The minimum absolute atomic E-state index is 0.0148. The van der Waals surface area contributed by atoms with Gasteiger partial charge in [0.15, 0.2) is 6.29 Å². The maximum Gasteiger partial charge on any atom is 0.281 e. The summed E-state index contributed by atoms with van der Waals surface area (Å²) in [5.74, 6) is -0.582. The number of benzene rings is 4. The predicted molar refractivity (Wildman–Crippen MR) is 108 cm³/mol. The van der Waals surface area contributed by atoms with E-state index in [1.165, 1.54) is 6.07 Å². The first-order valence-corrected chi connectivity index (χ1v) is 8.77. The molecule has 136 valence electrons. The molecule has 0 atom stereocenters. The van der Waals surface area contributed by atoms with Gasteiger partial charge in [-0.1, -0.05) is 60.1 Å². The minimum atomic E-state index is -0.634. The number of carbonyl (C=O) groups excluding carboxylic acids is 2. The molecule has 0 bridgehead atoms. The molecular weight excluding hydrogens is 378 g/mol. The third-order valence-corrected chi connectivity index (χ3v) is 5.03. The molecule has 0 saturated heterocycles. The number of hydrogen-bond donors (Lipinski definition) is 0. The van der Waals surface area contributed by atoms with Crippen molar-refractivity contribution in [2.24, 2.45) is 0 Å². The van der Waals surface area contributed by atoms with Crippen molar-refractivity contribution in [3.63, 3.8) is 0 Å². The van der Waals surface area contributed by atoms with Crippen molar-refractivity contribution in [2.45, 2.75) is 0 Å². The van der Waals surface area contributed by atoms with Crippen LogP contribution in [0.4, 0.5) is 5.69 Å². The highest BCUT2D eigenvalue weighted by Crippen LogP contribution is 2.33. The predicted octanol–water partition coefficient (Wildman–Crippen LogP) is 5.60. The molecule has 0 aliphatic rings. The Labute approximate surface area is 164 Å². The summed E-state index contributed by atoms with van der Waals surface area (Å²) in [7, 11) is 0. The molecule has 0 heterocycles. The zero-order valence-electron chi connectivity index (χ0n) is 14.4. The Balaban J connectivity index is 2.00. The molecule has 4 aromatic rings. The summed E-state index contributed by atoms with van der Waals surface area (Å²) < 4.78 is 0. The van der Waals surface area contributed by atoms with E-state index in [9.17, 15) is 19.7 Å². The third kappa shape index (κ3) is 2.82. The number of aldehydes is 1. The molecule has 0 fully saturated rings. The van der Waals surface area contributed by atoms with Crippen molar-refractivity contribution >= 4 is 50.9 Å². The second-order valence-corrected chi connectivity index (χ2v) is 6.69. The Morgan fingerprint density at radius 2 is 1.64 bits per heavy atom. The summed E-state index contributed by atoms with van der Waals surface area (Å²) in [6, 6.07) is 18.3. The van der Waals surface area contributed by atoms with Crippen LogP contribution >= 0.6 is 11.6 Å². The van der Waals surface area contributed by atoms with Crippen LogP contribution in [0.5, 0.6) is 0 Å². The fourth-order valence-corrected chi connectivity index (χ4v) is 3.64. The van der Waals surface area contributed by atoms with Crippen molar-refractivity contribution in [2.75, 3.05) is 0 Å². The summed E-state index contributed by atoms with van der Waals surface area (Å²) in [5, 5.41) is 14.7. The standard InChI is InChI=1S/C22H12ClNO4/c23-19-7-3-5-13-10-15(8-9-17(13)19)22(26)21-18(12-25)16-6-2-1-4-14(16)11-20(21)24(27)28/h1-12H. The van der Waals surface area contributed by atoms with E-state index in [0.29, 0.717) is 22.1 Å². The third-order valence-electron chi connectivity index (χ3n) is 4.70. The number of nitro groups is 1. The molecule has 0 aromatic heterocycles. The highest BCUT2D eigenvalue weighted by atomic mass is 35.5. The lowest BCUT2D eigenvalue weighted by molar-refractivity contribution is -0.385. The van der Waals surface area contributed by atoms with Gasteiger partial charge in [-0.05, 0) is 28.3 Å². The van der Waals surface area contributed by atoms with Gasteiger partial charge < -0.3 is 0 Å². The monoisotopic (exact) mass is 389 g/mol. The highest BCUT2D eigenvalue weighted by molar-refractivity contribution is 6.35. The number of fused-ring (bicyclic) bond motifs is 2. The van der Waals surface area contributed by atoms with E-state index in [2.05, 4.69) is 0 Å². The van der Waals surface area contributed by atoms with Gasteiger partial charge in [0.2, 0.25) is 5.78 Å². The second kappa shape index (κ2) is 6.87. The van der Waals surface area contributed by atoms with Crippen LogP contribution in [0.25, 0.3) is 21.5 Å². The molecular formula is C22H12ClNO4. The Hall–Kier alpha value is -3.57. The van der Waals surface area contributed by atoms with Crippen LogP contribution in [0, 0.1) is 10.1 Å². The van der Waals surface area contributed by atoms with Gasteiger partial charge in [0.1, 0.15) is 5.56 Å². The highest BCUT2D eigenvalue weighted by Gasteiger charge is 2.27. The number of nitrogens with zero attached hydrogens (tertiary/aromatic N) is 1. The number of hydrogen-bond acceptors (Lipinski definition) is 4. The summed E-state index contributed by atoms with van der Waals surface area (Å²) in [6.07, 6.45) is 0.500. The molecule has 0 saturated carbocycles. The molecule has 0 aliphatic heterocycles. The van der Waals surface area contributed by atoms with E-state index < -0.39 is 16.4 Å². The molecule has 5 nitrogen and oxygen atoms in total. The fourth-order valence-electron chi connectivity index (χ4n) is 3.40. The van der Waals surface area contributed by atoms with Crippen molar-refractivity contribution in [1.29, 1.82) is 0 Å². The van der Waals surface area contributed by atoms with Crippen LogP contribution in [-0.2, 0) is 0 Å². The van der Waals surface area contributed by atoms with E-state index in [-0.39, 0.29) is 16.7 Å². The topological polar surface area (TPSA) is 77.3 Å². The maximum absolute atomic E-state index is 13.2. The molecule has 0 unspecified atom stereocenters. The lowest BCUT2D eigenvalue weighted by Gasteiger charge is -2.10. The number of nitro benzene ring substituents is 1. The number of carbonyl (C=O) groups is 2. The second-order valence-electron chi connectivity index (χ2n) is 6.29. The van der Waals surface area contributed by atoms with Crippen molar-refractivity contribution in [3.05, 3.63) is 98.6 Å². The van der Waals surface area contributed by atoms with Crippen molar-refractivity contribution < 1.29 is 14.5 Å². The van der Waals surface area contributed by atoms with Gasteiger partial charge in [0, 0.05) is 27.6 Å². The first-order valence-electron chi connectivity index (χ1n) is 8.39. The number of rotatable bonds is 4. The first-order chi connectivity index (χ1) is 13.5. The summed E-state index contributed by atoms with van der Waals surface area (Å²) in [6.45, 7) is 0. The van der Waals surface area contributed by atoms with Crippen LogP contribution in [0.3, 0.4) is 0 Å². The molecule has 6 heteroatoms. The Morgan fingerprint density at radius 3 is 2.39 bits per heavy atom. The van der Waals surface area contributed by atoms with E-state index in [1.54, 1.807) is 60.7 Å². The van der Waals surface area contributed by atoms with Crippen LogP contribution in [0.2, 0.25) is 5.02 Å². The smallest absolute Gasteiger partial charge is 0.281 e. The normalized spacial score (nSPS) is 10.9. The maximum atomic E-state index is 13.2. The zero-order chi connectivity index (χ0) is 19.8. The van der Waals surface area contributed by atoms with Gasteiger partial charge in [-0.3, -0.25) is 19.7 Å². The van der Waals surface area contributed by atoms with Gasteiger partial charge in [0.25, 0.3) is 5.69 Å². The zero-order valence-corrected chi connectivity index (χ0v) is 15.1. The molecule has 0 aliphatic carbocycles. The SMILES string of the molecule is O=Cc1c(C(=O)c2ccc3c(Cl)cccc3c2)c([N+](=O)[O-])cc2ccccc12. The number of ketones is 1. The van der Waals surface area contributed by atoms with E-state index in [1.807, 2.05) is 0 Å². The molecule has 0 amide bonds. The summed E-state index contributed by atoms with van der Waals surface area (Å²) in [5.41, 5.74) is -0.339. The van der Waals surface area contributed by atoms with Crippen LogP contribution < -0.4 is 0 Å². The molecule has 28 heavy (non-hydrogen) atoms. The lowest BCUT2D eigenvalue weighted by Crippen LogP contribution is -2.10. The first kappa shape index (κ1) is 17.8. The van der Waals surface area contributed by atoms with Crippen molar-refractivity contribution in [1.82, 2.24) is 0 Å².